The molecular formula is C12H8Cl2N4S2Sn. The van der Waals surface area contributed by atoms with Crippen molar-refractivity contribution in [3.63, 3.8) is 0 Å². The van der Waals surface area contributed by atoms with Crippen molar-refractivity contribution in [1.82, 2.24) is 9.97 Å². The molecule has 106 valence electrons. The topological polar surface area (TPSA) is 50.5 Å². The maximum atomic E-state index is 5.52. The van der Waals surface area contributed by atoms with E-state index < -0.39 is 16.7 Å². The number of aromatic nitrogens is 2. The monoisotopic (exact) mass is 462 g/mol. The molecule has 0 aromatic carbocycles. The first kappa shape index (κ1) is 18.3. The zero-order chi connectivity index (χ0) is 15.6. The molecule has 0 saturated heterocycles. The van der Waals surface area contributed by atoms with Crippen LogP contribution in [0, 0.1) is 0 Å². The minimum Gasteiger partial charge on any atom is -0.264 e. The first-order valence-corrected chi connectivity index (χ1v) is 16.0. The summed E-state index contributed by atoms with van der Waals surface area (Å²) >= 11 is 4.91. The van der Waals surface area contributed by atoms with Crippen LogP contribution in [-0.2, 0) is 0 Å². The smallest absolute Gasteiger partial charge is 0.0346 e. The molecule has 2 aromatic rings. The molecule has 2 heterocycles. The van der Waals surface area contributed by atoms with Crippen molar-refractivity contribution in [2.45, 2.75) is 0 Å². The second-order valence-electron chi connectivity index (χ2n) is 3.40. The third-order valence-electron chi connectivity index (χ3n) is 2.02. The second kappa shape index (κ2) is 10.1. The SMILES string of the molecule is S=C=[N][Sn]([Cl])([Cl])[N]=C=S.c1cncc(-c2cccnc2)c1. The second-order valence-corrected chi connectivity index (χ2v) is 16.3. The first-order chi connectivity index (χ1) is 10.1. The maximum absolute atomic E-state index is 5.52. The summed E-state index contributed by atoms with van der Waals surface area (Å²) in [6, 6.07) is 7.87. The summed E-state index contributed by atoms with van der Waals surface area (Å²) in [5.74, 6) is 0. The van der Waals surface area contributed by atoms with E-state index in [4.69, 9.17) is 17.8 Å². The molecule has 2 aromatic heterocycles. The number of halogens is 2. The molecule has 0 fully saturated rings. The van der Waals surface area contributed by atoms with Gasteiger partial charge in [0.15, 0.2) is 0 Å². The molecule has 0 aliphatic rings. The Balaban J connectivity index is 0.000000222. The largest absolute Gasteiger partial charge is 0.264 e. The van der Waals surface area contributed by atoms with Gasteiger partial charge in [0.25, 0.3) is 0 Å². The van der Waals surface area contributed by atoms with Gasteiger partial charge in [-0.05, 0) is 12.1 Å². The van der Waals surface area contributed by atoms with Gasteiger partial charge < -0.3 is 0 Å². The van der Waals surface area contributed by atoms with Gasteiger partial charge >= 0.3 is 75.7 Å². The number of thiocarbonyl (C=S) groups is 2. The Kier molecular flexibility index (Phi) is 8.80. The number of hydrogen-bond acceptors (Lipinski definition) is 6. The van der Waals surface area contributed by atoms with E-state index in [-0.39, 0.29) is 0 Å². The predicted octanol–water partition coefficient (Wildman–Crippen LogP) is 4.25. The average Bonchev–Trinajstić information content (AvgIpc) is 2.49. The van der Waals surface area contributed by atoms with Gasteiger partial charge in [0.05, 0.1) is 0 Å². The Morgan fingerprint density at radius 1 is 0.905 bits per heavy atom. The van der Waals surface area contributed by atoms with E-state index in [0.29, 0.717) is 0 Å². The summed E-state index contributed by atoms with van der Waals surface area (Å²) in [4.78, 5) is 8.07. The molecule has 0 amide bonds. The van der Waals surface area contributed by atoms with Gasteiger partial charge in [0, 0.05) is 35.9 Å². The maximum Gasteiger partial charge on any atom is 0.0346 e. The van der Waals surface area contributed by atoms with Crippen molar-refractivity contribution in [2.75, 3.05) is 0 Å². The molecule has 9 heteroatoms. The van der Waals surface area contributed by atoms with Crippen LogP contribution in [0.5, 0.6) is 0 Å². The van der Waals surface area contributed by atoms with E-state index in [1.54, 1.807) is 12.4 Å². The fourth-order valence-corrected chi connectivity index (χ4v) is 6.22. The predicted molar refractivity (Wildman–Crippen MR) is 95.0 cm³/mol. The summed E-state index contributed by atoms with van der Waals surface area (Å²) in [6.45, 7) is 0. The van der Waals surface area contributed by atoms with Gasteiger partial charge in [0.2, 0.25) is 0 Å². The van der Waals surface area contributed by atoms with E-state index in [0.717, 1.165) is 11.1 Å². The average molecular weight is 462 g/mol. The number of hydrogen-bond donors (Lipinski definition) is 0. The van der Waals surface area contributed by atoms with Crippen LogP contribution < -0.4 is 0 Å². The Labute approximate surface area is 145 Å². The van der Waals surface area contributed by atoms with Gasteiger partial charge in [-0.3, -0.25) is 9.97 Å². The van der Waals surface area contributed by atoms with E-state index in [1.807, 2.05) is 36.7 Å². The zero-order valence-corrected chi connectivity index (χ0v) is 16.5. The standard InChI is InChI=1S/C10H8N2.2CNS.2ClH.Sn/c1-3-9(7-11-5-1)10-4-2-6-12-8-10;2*2-1-3;;;/h1-8H;;;2*1H;/q;2*-1;;;+4/p-2. The van der Waals surface area contributed by atoms with Crippen LogP contribution in [-0.4, -0.2) is 37.0 Å². The van der Waals surface area contributed by atoms with E-state index in [2.05, 4.69) is 51.2 Å². The van der Waals surface area contributed by atoms with Crippen molar-refractivity contribution < 1.29 is 0 Å². The molecule has 0 aliphatic carbocycles. The summed E-state index contributed by atoms with van der Waals surface area (Å²) < 4.78 is 6.91. The van der Waals surface area contributed by atoms with Crippen LogP contribution in [0.25, 0.3) is 11.1 Å². The minimum atomic E-state index is -3.61. The zero-order valence-electron chi connectivity index (χ0n) is 10.5. The van der Waals surface area contributed by atoms with Crippen molar-refractivity contribution in [3.8, 4) is 11.1 Å². The normalized spacial score (nSPS) is 9.43. The Bertz CT molecular complexity index is 600. The third kappa shape index (κ3) is 7.73. The molecule has 0 bridgehead atoms. The number of rotatable bonds is 3. The molecule has 4 nitrogen and oxygen atoms in total. The summed E-state index contributed by atoms with van der Waals surface area (Å²) in [6.07, 6.45) is 7.19. The summed E-state index contributed by atoms with van der Waals surface area (Å²) in [7, 11) is 11.0. The van der Waals surface area contributed by atoms with Crippen LogP contribution >= 0.6 is 42.3 Å². The third-order valence-corrected chi connectivity index (χ3v) is 7.57. The van der Waals surface area contributed by atoms with Crippen LogP contribution in [0.2, 0.25) is 0 Å². The van der Waals surface area contributed by atoms with Crippen molar-refractivity contribution >= 4 is 69.3 Å². The van der Waals surface area contributed by atoms with E-state index >= 15 is 0 Å². The Hall–Kier alpha value is -0.721. The molecule has 0 aliphatic heterocycles. The quantitative estimate of drug-likeness (QED) is 0.389. The van der Waals surface area contributed by atoms with Crippen LogP contribution in [0.4, 0.5) is 0 Å². The minimum absolute atomic E-state index is 1.10. The van der Waals surface area contributed by atoms with Gasteiger partial charge in [0.1, 0.15) is 0 Å². The first-order valence-electron chi connectivity index (χ1n) is 5.45. The van der Waals surface area contributed by atoms with Crippen molar-refractivity contribution in [2.24, 2.45) is 6.43 Å². The molecule has 0 radical (unpaired) electrons. The molecule has 21 heavy (non-hydrogen) atoms. The molecule has 0 spiro atoms. The molecule has 0 unspecified atom stereocenters. The van der Waals surface area contributed by atoms with Gasteiger partial charge in [-0.1, -0.05) is 12.1 Å². The van der Waals surface area contributed by atoms with Crippen LogP contribution in [0.3, 0.4) is 0 Å². The fraction of sp³-hybridized carbons (Fsp3) is 0. The molecular weight excluding hydrogens is 454 g/mol. The van der Waals surface area contributed by atoms with Crippen LogP contribution in [0.15, 0.2) is 55.5 Å². The summed E-state index contributed by atoms with van der Waals surface area (Å²) in [5, 5.41) is 4.10. The Morgan fingerprint density at radius 2 is 1.33 bits per heavy atom. The molecule has 2 rings (SSSR count). The Morgan fingerprint density at radius 3 is 1.62 bits per heavy atom. The molecule has 0 saturated carbocycles. The van der Waals surface area contributed by atoms with Gasteiger partial charge in [-0.2, -0.15) is 0 Å². The fourth-order valence-electron chi connectivity index (χ4n) is 1.20. The van der Waals surface area contributed by atoms with Crippen molar-refractivity contribution in [1.29, 1.82) is 0 Å². The molecule has 0 atom stereocenters. The van der Waals surface area contributed by atoms with Crippen molar-refractivity contribution in [3.05, 3.63) is 49.1 Å². The van der Waals surface area contributed by atoms with E-state index in [1.165, 1.54) is 0 Å². The van der Waals surface area contributed by atoms with Gasteiger partial charge in [-0.15, -0.1) is 0 Å². The number of pyridine rings is 2. The van der Waals surface area contributed by atoms with E-state index in [9.17, 15) is 0 Å². The van der Waals surface area contributed by atoms with Gasteiger partial charge in [-0.25, -0.2) is 0 Å². The summed E-state index contributed by atoms with van der Waals surface area (Å²) in [5.41, 5.74) is 2.20. The number of nitrogens with zero attached hydrogens (tertiary/aromatic N) is 4. The van der Waals surface area contributed by atoms with Crippen LogP contribution in [0.1, 0.15) is 0 Å². The number of isothiocyanates is 2. The molecule has 0 N–H and O–H groups in total.